The van der Waals surface area contributed by atoms with Gasteiger partial charge in [-0.15, -0.1) is 0 Å². The van der Waals surface area contributed by atoms with Crippen molar-refractivity contribution in [3.8, 4) is 0 Å². The fourth-order valence-corrected chi connectivity index (χ4v) is 1.60. The van der Waals surface area contributed by atoms with E-state index in [4.69, 9.17) is 24.4 Å². The third-order valence-corrected chi connectivity index (χ3v) is 2.51. The van der Waals surface area contributed by atoms with Gasteiger partial charge < -0.3 is 24.4 Å². The maximum absolute atomic E-state index is 8.66. The van der Waals surface area contributed by atoms with Gasteiger partial charge in [0.25, 0.3) is 0 Å². The van der Waals surface area contributed by atoms with Crippen molar-refractivity contribution in [1.82, 2.24) is 0 Å². The van der Waals surface area contributed by atoms with E-state index in [0.717, 1.165) is 6.42 Å². The molecule has 0 aromatic rings. The zero-order chi connectivity index (χ0) is 14.3. The Morgan fingerprint density at radius 1 is 0.800 bits per heavy atom. The largest absolute Gasteiger partial charge is 1.00 e. The van der Waals surface area contributed by atoms with E-state index in [0.29, 0.717) is 6.61 Å². The summed E-state index contributed by atoms with van der Waals surface area (Å²) in [4.78, 5) is 24.3. The van der Waals surface area contributed by atoms with Gasteiger partial charge in [-0.3, -0.25) is 0 Å². The summed E-state index contributed by atoms with van der Waals surface area (Å²) in [6.07, 6.45) is 13.3. The molecule has 0 fully saturated rings. The summed E-state index contributed by atoms with van der Waals surface area (Å²) in [5.74, 6) is 0. The molecule has 0 saturated carbocycles. The van der Waals surface area contributed by atoms with Crippen LogP contribution in [0.3, 0.4) is 0 Å². The van der Waals surface area contributed by atoms with Crippen LogP contribution < -0.4 is 68.9 Å². The Morgan fingerprint density at radius 2 is 1.05 bits per heavy atom. The first kappa shape index (κ1) is 30.0. The molecule has 0 aromatic carbocycles. The molecular weight excluding hydrogens is 301 g/mol. The molecule has 0 spiro atoms. The van der Waals surface area contributed by atoms with E-state index in [1.165, 1.54) is 57.8 Å². The number of hydrogen-bond acceptors (Lipinski definition) is 4. The van der Waals surface area contributed by atoms with Crippen molar-refractivity contribution in [2.45, 2.75) is 71.1 Å². The van der Waals surface area contributed by atoms with Gasteiger partial charge in [-0.25, -0.2) is 0 Å². The van der Waals surface area contributed by atoms with Crippen LogP contribution in [0.1, 0.15) is 71.1 Å². The van der Waals surface area contributed by atoms with Crippen LogP contribution in [-0.2, 0) is 4.57 Å². The first-order valence-corrected chi connectivity index (χ1v) is 8.27. The summed E-state index contributed by atoms with van der Waals surface area (Å²) >= 11 is 0. The van der Waals surface area contributed by atoms with Gasteiger partial charge in [-0.05, 0) is 6.42 Å². The predicted molar refractivity (Wildman–Crippen MR) is 68.8 cm³/mol. The van der Waals surface area contributed by atoms with Gasteiger partial charge in [-0.1, -0.05) is 64.7 Å². The van der Waals surface area contributed by atoms with Crippen LogP contribution in [0.25, 0.3) is 0 Å². The zero-order valence-electron chi connectivity index (χ0n) is 13.3. The molecule has 0 rings (SSSR count). The smallest absolute Gasteiger partial charge is 0.790 e. The number of aliphatic hydroxyl groups excluding tert-OH is 1. The first-order chi connectivity index (χ1) is 8.41. The van der Waals surface area contributed by atoms with E-state index < -0.39 is 7.82 Å². The van der Waals surface area contributed by atoms with E-state index in [2.05, 4.69) is 6.92 Å². The SMILES string of the molecule is CCCCCCCCCCCCO.O=P([O-])([O-])O.[Na+].[Na+]. The van der Waals surface area contributed by atoms with Gasteiger partial charge in [0.1, 0.15) is 0 Å². The van der Waals surface area contributed by atoms with Crippen molar-refractivity contribution in [3.63, 3.8) is 0 Å². The zero-order valence-corrected chi connectivity index (χ0v) is 18.2. The number of unbranched alkanes of at least 4 members (excludes halogenated alkanes) is 9. The van der Waals surface area contributed by atoms with Gasteiger partial charge in [0.15, 0.2) is 0 Å². The Kier molecular flexibility index (Phi) is 35.0. The topological polar surface area (TPSA) is 104 Å². The average Bonchev–Trinajstić information content (AvgIpc) is 2.25. The van der Waals surface area contributed by atoms with Crippen molar-refractivity contribution < 1.29 is 83.5 Å². The summed E-state index contributed by atoms with van der Waals surface area (Å²) < 4.78 is 8.66. The molecule has 0 aliphatic rings. The van der Waals surface area contributed by atoms with Crippen molar-refractivity contribution in [1.29, 1.82) is 0 Å². The van der Waals surface area contributed by atoms with Crippen LogP contribution in [0.2, 0.25) is 0 Å². The molecule has 2 N–H and O–H groups in total. The quantitative estimate of drug-likeness (QED) is 0.240. The molecule has 8 heteroatoms. The van der Waals surface area contributed by atoms with Crippen LogP contribution in [-0.4, -0.2) is 16.6 Å². The Bertz CT molecular complexity index is 184. The molecule has 0 heterocycles. The Balaban J connectivity index is -0.000000158. The number of rotatable bonds is 10. The molecule has 0 radical (unpaired) electrons. The molecular formula is C12H27Na2O5P. The monoisotopic (exact) mass is 328 g/mol. The van der Waals surface area contributed by atoms with Gasteiger partial charge in [-0.2, -0.15) is 0 Å². The van der Waals surface area contributed by atoms with Crippen molar-refractivity contribution in [2.75, 3.05) is 6.61 Å². The molecule has 0 amide bonds. The van der Waals surface area contributed by atoms with E-state index >= 15 is 0 Å². The molecule has 0 aliphatic heterocycles. The van der Waals surface area contributed by atoms with Crippen LogP contribution in [0.5, 0.6) is 0 Å². The minimum absolute atomic E-state index is 0. The molecule has 0 aromatic heterocycles. The Labute approximate surface area is 167 Å². The summed E-state index contributed by atoms with van der Waals surface area (Å²) in [5.41, 5.74) is 0. The third kappa shape index (κ3) is 50.1. The average molecular weight is 328 g/mol. The summed E-state index contributed by atoms with van der Waals surface area (Å²) in [6.45, 7) is 2.63. The third-order valence-electron chi connectivity index (χ3n) is 2.51. The fourth-order valence-electron chi connectivity index (χ4n) is 1.60. The standard InChI is InChI=1S/C12H26O.2Na.H3O4P/c1-2-3-4-5-6-7-8-9-10-11-12-13;;;1-5(2,3)4/h13H,2-12H2,1H3;;;(H3,1,2,3,4)/q;2*+1;/p-2. The van der Waals surface area contributed by atoms with Crippen molar-refractivity contribution in [2.24, 2.45) is 0 Å². The van der Waals surface area contributed by atoms with Crippen molar-refractivity contribution in [3.05, 3.63) is 0 Å². The van der Waals surface area contributed by atoms with Gasteiger partial charge in [0.05, 0.1) is 7.82 Å². The summed E-state index contributed by atoms with van der Waals surface area (Å²) in [5, 5.41) is 8.57. The molecule has 0 aliphatic carbocycles. The second-order valence-corrected chi connectivity index (χ2v) is 5.31. The van der Waals surface area contributed by atoms with Gasteiger partial charge in [0, 0.05) is 6.61 Å². The maximum atomic E-state index is 8.66. The normalized spacial score (nSPS) is 9.85. The molecule has 0 atom stereocenters. The van der Waals surface area contributed by atoms with E-state index in [-0.39, 0.29) is 59.1 Å². The number of aliphatic hydroxyl groups is 1. The minimum Gasteiger partial charge on any atom is -0.790 e. The van der Waals surface area contributed by atoms with E-state index in [1.807, 2.05) is 0 Å². The molecule has 112 valence electrons. The Morgan fingerprint density at radius 3 is 1.30 bits per heavy atom. The molecule has 0 saturated heterocycles. The fraction of sp³-hybridized carbons (Fsp3) is 1.00. The first-order valence-electron chi connectivity index (χ1n) is 6.77. The summed E-state index contributed by atoms with van der Waals surface area (Å²) in [7, 11) is -5.14. The summed E-state index contributed by atoms with van der Waals surface area (Å²) in [6, 6.07) is 0. The molecule has 0 bridgehead atoms. The second-order valence-electron chi connectivity index (χ2n) is 4.37. The van der Waals surface area contributed by atoms with Crippen LogP contribution in [0, 0.1) is 0 Å². The van der Waals surface area contributed by atoms with Crippen LogP contribution in [0.4, 0.5) is 0 Å². The number of hydrogen-bond donors (Lipinski definition) is 2. The predicted octanol–water partition coefficient (Wildman–Crippen LogP) is -4.28. The molecule has 20 heavy (non-hydrogen) atoms. The molecule has 0 unspecified atom stereocenters. The van der Waals surface area contributed by atoms with E-state index in [9.17, 15) is 0 Å². The minimum atomic E-state index is -5.14. The van der Waals surface area contributed by atoms with Gasteiger partial charge >= 0.3 is 59.1 Å². The van der Waals surface area contributed by atoms with Crippen LogP contribution in [0.15, 0.2) is 0 Å². The van der Waals surface area contributed by atoms with E-state index in [1.54, 1.807) is 0 Å². The second kappa shape index (κ2) is 23.3. The van der Waals surface area contributed by atoms with Crippen LogP contribution >= 0.6 is 7.82 Å². The maximum Gasteiger partial charge on any atom is 1.00 e. The Hall–Kier alpha value is 2.07. The van der Waals surface area contributed by atoms with Gasteiger partial charge in [0.2, 0.25) is 0 Å². The van der Waals surface area contributed by atoms with Crippen molar-refractivity contribution >= 4 is 7.82 Å². The molecule has 5 nitrogen and oxygen atoms in total. The number of phosphoric acid groups is 1.